The van der Waals surface area contributed by atoms with Gasteiger partial charge in [0, 0.05) is 24.8 Å². The molecule has 6 rings (SSSR count). The number of rotatable bonds is 4. The fourth-order valence-corrected chi connectivity index (χ4v) is 12.0. The molecule has 10 atom stereocenters. The van der Waals surface area contributed by atoms with E-state index >= 15 is 0 Å². The highest BCUT2D eigenvalue weighted by Gasteiger charge is 2.67. The first-order valence-corrected chi connectivity index (χ1v) is 18.7. The lowest BCUT2D eigenvalue weighted by Gasteiger charge is -2.62. The molecule has 0 aromatic carbocycles. The Bertz CT molecular complexity index is 1060. The van der Waals surface area contributed by atoms with E-state index in [1.165, 1.54) is 96.6 Å². The highest BCUT2D eigenvalue weighted by molar-refractivity contribution is 5.75. The standard InChI is InChI=1S/C38H65N2O4.BrH/c1-26(41)43-33-23-27-15-16-28-29(38(27,6)25-31(33)39-19-11-10-12-20-39)17-18-37(5)30(28)24-32(34(37)44-35(42)36(2,3)4)40(7)21-13-8-9-14-22-40;/h27-34H,8-25H2,1-7H3;1H/q+1;/p-1/t27-,28?,29?,30?,31-,32-,33-,34-,37-,38-;/m0./s1. The molecule has 0 aromatic heterocycles. The summed E-state index contributed by atoms with van der Waals surface area (Å²) in [6.07, 6.45) is 17.5. The molecular formula is C38H65BrN2O4. The van der Waals surface area contributed by atoms with Crippen molar-refractivity contribution >= 4 is 11.9 Å². The minimum atomic E-state index is -0.483. The largest absolute Gasteiger partial charge is 1.00 e. The number of carbonyl (C=O) groups excluding carboxylic acids is 2. The van der Waals surface area contributed by atoms with E-state index in [9.17, 15) is 9.59 Å². The number of piperidine rings is 1. The van der Waals surface area contributed by atoms with Crippen LogP contribution in [-0.2, 0) is 19.1 Å². The number of ether oxygens (including phenoxy) is 2. The highest BCUT2D eigenvalue weighted by atomic mass is 79.9. The van der Waals surface area contributed by atoms with Crippen LogP contribution in [-0.4, -0.2) is 78.8 Å². The minimum absolute atomic E-state index is 0. The monoisotopic (exact) mass is 692 g/mol. The number of likely N-dealkylation sites (tertiary alicyclic amines) is 2. The predicted octanol–water partition coefficient (Wildman–Crippen LogP) is 4.39. The quantitative estimate of drug-likeness (QED) is 0.324. The Morgan fingerprint density at radius 1 is 0.822 bits per heavy atom. The third-order valence-electron chi connectivity index (χ3n) is 14.5. The maximum absolute atomic E-state index is 13.6. The normalized spacial score (nSPS) is 43.4. The number of fused-ring (bicyclic) bond motifs is 5. The molecule has 6 nitrogen and oxygen atoms in total. The summed E-state index contributed by atoms with van der Waals surface area (Å²) in [5.41, 5.74) is -0.159. The fraction of sp³-hybridized carbons (Fsp3) is 0.947. The van der Waals surface area contributed by atoms with E-state index < -0.39 is 5.41 Å². The summed E-state index contributed by atoms with van der Waals surface area (Å²) in [4.78, 5) is 28.6. The molecule has 0 amide bonds. The smallest absolute Gasteiger partial charge is 0.311 e. The molecule has 6 fully saturated rings. The molecule has 258 valence electrons. The van der Waals surface area contributed by atoms with Crippen molar-refractivity contribution in [1.29, 1.82) is 0 Å². The van der Waals surface area contributed by atoms with Gasteiger partial charge in [-0.15, -0.1) is 0 Å². The van der Waals surface area contributed by atoms with Crippen LogP contribution in [0.3, 0.4) is 0 Å². The van der Waals surface area contributed by atoms with Gasteiger partial charge in [0.1, 0.15) is 12.1 Å². The lowest BCUT2D eigenvalue weighted by Crippen LogP contribution is -3.00. The van der Waals surface area contributed by atoms with Crippen molar-refractivity contribution in [1.82, 2.24) is 4.90 Å². The molecule has 0 spiro atoms. The van der Waals surface area contributed by atoms with Gasteiger partial charge in [0.15, 0.2) is 6.10 Å². The van der Waals surface area contributed by atoms with Gasteiger partial charge < -0.3 is 30.9 Å². The van der Waals surface area contributed by atoms with E-state index in [-0.39, 0.29) is 52.0 Å². The number of esters is 2. The Labute approximate surface area is 285 Å². The highest BCUT2D eigenvalue weighted by Crippen LogP contribution is 2.68. The first kappa shape index (κ1) is 35.6. The van der Waals surface area contributed by atoms with Crippen molar-refractivity contribution in [2.45, 2.75) is 156 Å². The fourth-order valence-electron chi connectivity index (χ4n) is 12.0. The van der Waals surface area contributed by atoms with Crippen molar-refractivity contribution in [2.24, 2.45) is 39.9 Å². The summed E-state index contributed by atoms with van der Waals surface area (Å²) in [6, 6.07) is 0.755. The molecule has 0 N–H and O–H groups in total. The maximum atomic E-state index is 13.6. The van der Waals surface area contributed by atoms with Crippen LogP contribution in [0, 0.1) is 39.9 Å². The first-order valence-electron chi connectivity index (χ1n) is 18.7. The summed E-state index contributed by atoms with van der Waals surface area (Å²) in [6.45, 7) is 17.6. The Morgan fingerprint density at radius 2 is 1.47 bits per heavy atom. The summed E-state index contributed by atoms with van der Waals surface area (Å²) >= 11 is 0. The number of carbonyl (C=O) groups is 2. The average molecular weight is 694 g/mol. The molecule has 7 heteroatoms. The second kappa shape index (κ2) is 13.3. The van der Waals surface area contributed by atoms with E-state index in [2.05, 4.69) is 25.8 Å². The number of likely N-dealkylation sites (N-methyl/N-ethyl adjacent to an activating group) is 1. The number of nitrogens with zero attached hydrogens (tertiary/aromatic N) is 2. The molecular weight excluding hydrogens is 628 g/mol. The van der Waals surface area contributed by atoms with Crippen LogP contribution in [0.25, 0.3) is 0 Å². The summed E-state index contributed by atoms with van der Waals surface area (Å²) in [5, 5.41) is 0. The van der Waals surface area contributed by atoms with E-state index in [0.29, 0.717) is 35.8 Å². The molecule has 0 aromatic rings. The third-order valence-corrected chi connectivity index (χ3v) is 14.5. The van der Waals surface area contributed by atoms with Gasteiger partial charge in [0.25, 0.3) is 0 Å². The lowest BCUT2D eigenvalue weighted by molar-refractivity contribution is -0.935. The van der Waals surface area contributed by atoms with Gasteiger partial charge in [-0.3, -0.25) is 14.5 Å². The van der Waals surface area contributed by atoms with Crippen molar-refractivity contribution in [3.05, 3.63) is 0 Å². The van der Waals surface area contributed by atoms with E-state index in [1.807, 2.05) is 20.8 Å². The van der Waals surface area contributed by atoms with Crippen LogP contribution in [0.4, 0.5) is 0 Å². The number of halogens is 1. The Hall–Kier alpha value is -0.660. The first-order chi connectivity index (χ1) is 20.8. The molecule has 2 heterocycles. The zero-order valence-corrected chi connectivity index (χ0v) is 31.3. The van der Waals surface area contributed by atoms with Crippen LogP contribution < -0.4 is 17.0 Å². The van der Waals surface area contributed by atoms with Gasteiger partial charge in [-0.2, -0.15) is 0 Å². The molecule has 2 aliphatic heterocycles. The summed E-state index contributed by atoms with van der Waals surface area (Å²) in [5.74, 6) is 2.52. The Morgan fingerprint density at radius 3 is 2.09 bits per heavy atom. The average Bonchev–Trinajstić information content (AvgIpc) is 3.09. The minimum Gasteiger partial charge on any atom is -1.00 e. The topological polar surface area (TPSA) is 55.8 Å². The Balaban J connectivity index is 0.00000400. The van der Waals surface area contributed by atoms with Crippen molar-refractivity contribution < 1.29 is 40.5 Å². The van der Waals surface area contributed by atoms with Crippen LogP contribution in [0.15, 0.2) is 0 Å². The predicted molar refractivity (Wildman–Crippen MR) is 175 cm³/mol. The zero-order valence-electron chi connectivity index (χ0n) is 29.8. The number of quaternary nitrogens is 1. The van der Waals surface area contributed by atoms with Crippen LogP contribution >= 0.6 is 0 Å². The molecule has 2 saturated heterocycles. The van der Waals surface area contributed by atoms with E-state index in [1.54, 1.807) is 6.92 Å². The van der Waals surface area contributed by atoms with Crippen molar-refractivity contribution in [3.8, 4) is 0 Å². The van der Waals surface area contributed by atoms with Crippen LogP contribution in [0.2, 0.25) is 0 Å². The SMILES string of the molecule is CC(=O)O[C@H]1C[C@@H]2CCC3C4C[C@H]([N+]5(C)CCCCCC5)[C@H](OC(=O)C(C)(C)C)[C@@]4(C)CCC3[C@@]2(C)C[C@@H]1N1CCCCC1.[Br-]. The van der Waals surface area contributed by atoms with Gasteiger partial charge in [-0.1, -0.05) is 20.3 Å². The third kappa shape index (κ3) is 6.55. The molecule has 4 saturated carbocycles. The van der Waals surface area contributed by atoms with Crippen LogP contribution in [0.1, 0.15) is 131 Å². The van der Waals surface area contributed by atoms with Crippen LogP contribution in [0.5, 0.6) is 0 Å². The lowest BCUT2D eigenvalue weighted by atomic mass is 9.44. The molecule has 4 aliphatic carbocycles. The van der Waals surface area contributed by atoms with E-state index in [4.69, 9.17) is 9.47 Å². The van der Waals surface area contributed by atoms with Gasteiger partial charge >= 0.3 is 11.9 Å². The van der Waals surface area contributed by atoms with Crippen molar-refractivity contribution in [3.63, 3.8) is 0 Å². The zero-order chi connectivity index (χ0) is 31.5. The number of hydrogen-bond donors (Lipinski definition) is 0. The molecule has 45 heavy (non-hydrogen) atoms. The molecule has 0 radical (unpaired) electrons. The number of hydrogen-bond acceptors (Lipinski definition) is 5. The molecule has 3 unspecified atom stereocenters. The molecule has 6 aliphatic rings. The van der Waals surface area contributed by atoms with Gasteiger partial charge in [-0.05, 0) is 140 Å². The van der Waals surface area contributed by atoms with Crippen molar-refractivity contribution in [2.75, 3.05) is 33.2 Å². The van der Waals surface area contributed by atoms with Gasteiger partial charge in [0.2, 0.25) is 0 Å². The summed E-state index contributed by atoms with van der Waals surface area (Å²) < 4.78 is 14.0. The van der Waals surface area contributed by atoms with E-state index in [0.717, 1.165) is 24.0 Å². The second-order valence-corrected chi connectivity index (χ2v) is 18.2. The van der Waals surface area contributed by atoms with Gasteiger partial charge in [-0.25, -0.2) is 0 Å². The van der Waals surface area contributed by atoms with Gasteiger partial charge in [0.05, 0.1) is 25.6 Å². The summed E-state index contributed by atoms with van der Waals surface area (Å²) in [7, 11) is 2.50. The Kier molecular flexibility index (Phi) is 10.6. The second-order valence-electron chi connectivity index (χ2n) is 18.2. The molecule has 0 bridgehead atoms. The maximum Gasteiger partial charge on any atom is 0.311 e.